The highest BCUT2D eigenvalue weighted by atomic mass is 127. The smallest absolute Gasteiger partial charge is 0.211 e. The number of halogens is 1. The summed E-state index contributed by atoms with van der Waals surface area (Å²) in [4.78, 5) is 9.19. The standard InChI is InChI=1S/C21H35N5O3S.HI/c1-22-21(23-18-19-8-10-26(11-9-19)30(2,27)28)25-14-12-24(13-15-25)16-17-29-20-6-4-3-5-7-20;/h3-7,19H,8-18H2,1-2H3,(H,22,23);1H. The summed E-state index contributed by atoms with van der Waals surface area (Å²) in [6.07, 6.45) is 3.08. The number of guanidine groups is 1. The van der Waals surface area contributed by atoms with Crippen molar-refractivity contribution >= 4 is 40.0 Å². The first kappa shape index (κ1) is 26.1. The van der Waals surface area contributed by atoms with Crippen molar-refractivity contribution < 1.29 is 13.2 Å². The topological polar surface area (TPSA) is 77.5 Å². The minimum atomic E-state index is -3.06. The second-order valence-electron chi connectivity index (χ2n) is 8.02. The fraction of sp³-hybridized carbons (Fsp3) is 0.667. The molecule has 1 aromatic rings. The first-order valence-corrected chi connectivity index (χ1v) is 12.6. The van der Waals surface area contributed by atoms with Gasteiger partial charge in [0.1, 0.15) is 12.4 Å². The fourth-order valence-corrected chi connectivity index (χ4v) is 4.88. The summed E-state index contributed by atoms with van der Waals surface area (Å²) >= 11 is 0. The van der Waals surface area contributed by atoms with Crippen LogP contribution in [0.4, 0.5) is 0 Å². The van der Waals surface area contributed by atoms with Crippen LogP contribution < -0.4 is 10.1 Å². The number of benzene rings is 1. The third-order valence-corrected chi connectivity index (χ3v) is 7.20. The number of rotatable bonds is 7. The van der Waals surface area contributed by atoms with Gasteiger partial charge in [0.2, 0.25) is 10.0 Å². The van der Waals surface area contributed by atoms with Gasteiger partial charge >= 0.3 is 0 Å². The highest BCUT2D eigenvalue weighted by molar-refractivity contribution is 14.0. The Morgan fingerprint density at radius 3 is 2.32 bits per heavy atom. The molecule has 2 heterocycles. The Labute approximate surface area is 204 Å². The molecule has 0 aromatic heterocycles. The van der Waals surface area contributed by atoms with Crippen LogP contribution >= 0.6 is 24.0 Å². The van der Waals surface area contributed by atoms with Crippen molar-refractivity contribution in [3.8, 4) is 5.75 Å². The predicted octanol–water partition coefficient (Wildman–Crippen LogP) is 1.55. The van der Waals surface area contributed by atoms with E-state index in [9.17, 15) is 8.42 Å². The molecular formula is C21H36IN5O3S. The van der Waals surface area contributed by atoms with E-state index in [4.69, 9.17) is 4.74 Å². The summed E-state index contributed by atoms with van der Waals surface area (Å²) in [6.45, 7) is 7.57. The summed E-state index contributed by atoms with van der Waals surface area (Å²) in [5, 5.41) is 3.51. The lowest BCUT2D eigenvalue weighted by Gasteiger charge is -2.37. The van der Waals surface area contributed by atoms with Crippen LogP contribution in [0.2, 0.25) is 0 Å². The van der Waals surface area contributed by atoms with Gasteiger partial charge in [0.05, 0.1) is 6.26 Å². The first-order chi connectivity index (χ1) is 14.5. The average molecular weight is 566 g/mol. The van der Waals surface area contributed by atoms with Crippen LogP contribution in [-0.2, 0) is 10.0 Å². The van der Waals surface area contributed by atoms with Crippen LogP contribution in [-0.4, -0.2) is 101 Å². The molecule has 176 valence electrons. The van der Waals surface area contributed by atoms with Crippen molar-refractivity contribution in [3.63, 3.8) is 0 Å². The van der Waals surface area contributed by atoms with Crippen LogP contribution in [0.3, 0.4) is 0 Å². The van der Waals surface area contributed by atoms with Crippen LogP contribution in [0.25, 0.3) is 0 Å². The summed E-state index contributed by atoms with van der Waals surface area (Å²) in [6, 6.07) is 9.94. The van der Waals surface area contributed by atoms with E-state index in [2.05, 4.69) is 20.1 Å². The lowest BCUT2D eigenvalue weighted by Crippen LogP contribution is -2.53. The van der Waals surface area contributed by atoms with Gasteiger partial charge in [0.15, 0.2) is 5.96 Å². The summed E-state index contributed by atoms with van der Waals surface area (Å²) < 4.78 is 30.7. The van der Waals surface area contributed by atoms with E-state index in [0.717, 1.165) is 63.8 Å². The van der Waals surface area contributed by atoms with Gasteiger partial charge in [-0.15, -0.1) is 24.0 Å². The molecule has 1 N–H and O–H groups in total. The fourth-order valence-electron chi connectivity index (χ4n) is 4.01. The monoisotopic (exact) mass is 565 g/mol. The molecule has 0 atom stereocenters. The Hall–Kier alpha value is -1.11. The van der Waals surface area contributed by atoms with E-state index in [-0.39, 0.29) is 24.0 Å². The SMILES string of the molecule is CN=C(NCC1CCN(S(C)(=O)=O)CC1)N1CCN(CCOc2ccccc2)CC1.I. The molecule has 3 rings (SSSR count). The second-order valence-corrected chi connectivity index (χ2v) is 10.0. The van der Waals surface area contributed by atoms with Crippen molar-refractivity contribution in [1.82, 2.24) is 19.4 Å². The molecule has 0 saturated carbocycles. The lowest BCUT2D eigenvalue weighted by molar-refractivity contribution is 0.151. The molecule has 0 unspecified atom stereocenters. The largest absolute Gasteiger partial charge is 0.492 e. The number of hydrogen-bond acceptors (Lipinski definition) is 5. The molecule has 2 saturated heterocycles. The number of ether oxygens (including phenoxy) is 1. The Morgan fingerprint density at radius 2 is 1.74 bits per heavy atom. The maximum atomic E-state index is 11.6. The molecule has 0 aliphatic carbocycles. The van der Waals surface area contributed by atoms with Crippen molar-refractivity contribution in [3.05, 3.63) is 30.3 Å². The predicted molar refractivity (Wildman–Crippen MR) is 136 cm³/mol. The minimum absolute atomic E-state index is 0. The summed E-state index contributed by atoms with van der Waals surface area (Å²) in [5.41, 5.74) is 0. The number of nitrogens with zero attached hydrogens (tertiary/aromatic N) is 4. The van der Waals surface area contributed by atoms with Crippen LogP contribution in [0.1, 0.15) is 12.8 Å². The normalized spacial score (nSPS) is 19.7. The molecule has 2 fully saturated rings. The highest BCUT2D eigenvalue weighted by Gasteiger charge is 2.26. The minimum Gasteiger partial charge on any atom is -0.492 e. The maximum Gasteiger partial charge on any atom is 0.211 e. The van der Waals surface area contributed by atoms with Crippen molar-refractivity contribution in [1.29, 1.82) is 0 Å². The highest BCUT2D eigenvalue weighted by Crippen LogP contribution is 2.18. The van der Waals surface area contributed by atoms with Crippen LogP contribution in [0.15, 0.2) is 35.3 Å². The van der Waals surface area contributed by atoms with Gasteiger partial charge in [-0.25, -0.2) is 12.7 Å². The number of para-hydroxylation sites is 1. The van der Waals surface area contributed by atoms with Crippen LogP contribution in [0, 0.1) is 5.92 Å². The van der Waals surface area contributed by atoms with Gasteiger partial charge < -0.3 is 15.0 Å². The van der Waals surface area contributed by atoms with Crippen molar-refractivity contribution in [2.45, 2.75) is 12.8 Å². The number of sulfonamides is 1. The number of hydrogen-bond donors (Lipinski definition) is 1. The molecule has 31 heavy (non-hydrogen) atoms. The lowest BCUT2D eigenvalue weighted by atomic mass is 9.98. The van der Waals surface area contributed by atoms with Crippen molar-refractivity contribution in [2.24, 2.45) is 10.9 Å². The molecule has 0 amide bonds. The maximum absolute atomic E-state index is 11.6. The van der Waals surface area contributed by atoms with Gasteiger partial charge in [-0.1, -0.05) is 18.2 Å². The molecule has 0 spiro atoms. The van der Waals surface area contributed by atoms with E-state index < -0.39 is 10.0 Å². The van der Waals surface area contributed by atoms with Gasteiger partial charge in [-0.2, -0.15) is 0 Å². The van der Waals surface area contributed by atoms with Crippen LogP contribution in [0.5, 0.6) is 5.75 Å². The second kappa shape index (κ2) is 12.8. The quantitative estimate of drug-likeness (QED) is 0.307. The average Bonchev–Trinajstić information content (AvgIpc) is 2.76. The molecule has 2 aliphatic rings. The Morgan fingerprint density at radius 1 is 1.10 bits per heavy atom. The zero-order valence-corrected chi connectivity index (χ0v) is 21.7. The molecule has 0 radical (unpaired) electrons. The van der Waals surface area contributed by atoms with Gasteiger partial charge in [0, 0.05) is 59.4 Å². The van der Waals surface area contributed by atoms with Gasteiger partial charge in [0.25, 0.3) is 0 Å². The number of nitrogens with one attached hydrogen (secondary N) is 1. The summed E-state index contributed by atoms with van der Waals surface area (Å²) in [5.74, 6) is 2.35. The Bertz CT molecular complexity index is 777. The zero-order chi connectivity index (χ0) is 21.4. The molecule has 0 bridgehead atoms. The third-order valence-electron chi connectivity index (χ3n) is 5.89. The Balaban J connectivity index is 0.00000341. The first-order valence-electron chi connectivity index (χ1n) is 10.8. The van der Waals surface area contributed by atoms with E-state index in [1.54, 1.807) is 4.31 Å². The van der Waals surface area contributed by atoms with E-state index in [1.165, 1.54) is 6.26 Å². The Kier molecular flexibility index (Phi) is 10.8. The van der Waals surface area contributed by atoms with E-state index >= 15 is 0 Å². The number of piperidine rings is 1. The van der Waals surface area contributed by atoms with Gasteiger partial charge in [-0.3, -0.25) is 9.89 Å². The number of aliphatic imine (C=N–C) groups is 1. The zero-order valence-electron chi connectivity index (χ0n) is 18.6. The molecule has 8 nitrogen and oxygen atoms in total. The van der Waals surface area contributed by atoms with E-state index in [1.807, 2.05) is 37.4 Å². The van der Waals surface area contributed by atoms with Gasteiger partial charge in [-0.05, 0) is 30.9 Å². The molecular weight excluding hydrogens is 529 g/mol. The molecule has 10 heteroatoms. The summed E-state index contributed by atoms with van der Waals surface area (Å²) in [7, 11) is -1.23. The van der Waals surface area contributed by atoms with E-state index in [0.29, 0.717) is 25.6 Å². The van der Waals surface area contributed by atoms with Crippen molar-refractivity contribution in [2.75, 3.05) is 72.3 Å². The molecule has 2 aliphatic heterocycles. The molecule has 1 aromatic carbocycles. The third kappa shape index (κ3) is 8.39. The number of piperazine rings is 1.